The van der Waals surface area contributed by atoms with E-state index in [1.54, 1.807) is 36.4 Å². The monoisotopic (exact) mass is 643 g/mol. The molecule has 4 rings (SSSR count). The summed E-state index contributed by atoms with van der Waals surface area (Å²) in [4.78, 5) is 29.6. The Morgan fingerprint density at radius 1 is 0.826 bits per heavy atom. The van der Waals surface area contributed by atoms with Gasteiger partial charge < -0.3 is 10.2 Å². The van der Waals surface area contributed by atoms with Crippen LogP contribution in [0.25, 0.3) is 0 Å². The van der Waals surface area contributed by atoms with Gasteiger partial charge in [0.1, 0.15) is 18.4 Å². The van der Waals surface area contributed by atoms with Crippen LogP contribution in [0.5, 0.6) is 0 Å². The number of rotatable bonds is 14. The molecule has 0 saturated heterocycles. The largest absolute Gasteiger partial charge is 0.354 e. The molecular formula is C37H42FN3O4S. The molecule has 0 aliphatic rings. The van der Waals surface area contributed by atoms with Gasteiger partial charge in [0.2, 0.25) is 11.8 Å². The van der Waals surface area contributed by atoms with Crippen molar-refractivity contribution in [3.63, 3.8) is 0 Å². The number of carbonyl (C=O) groups excluding carboxylic acids is 2. The van der Waals surface area contributed by atoms with E-state index in [9.17, 15) is 22.4 Å². The second-order valence-electron chi connectivity index (χ2n) is 11.7. The predicted molar refractivity (Wildman–Crippen MR) is 180 cm³/mol. The predicted octanol–water partition coefficient (Wildman–Crippen LogP) is 6.62. The molecule has 2 amide bonds. The highest BCUT2D eigenvalue weighted by molar-refractivity contribution is 7.92. The van der Waals surface area contributed by atoms with Crippen LogP contribution in [0.3, 0.4) is 0 Å². The van der Waals surface area contributed by atoms with Crippen molar-refractivity contribution in [2.75, 3.05) is 17.4 Å². The first-order valence-corrected chi connectivity index (χ1v) is 17.0. The fourth-order valence-corrected chi connectivity index (χ4v) is 6.51. The van der Waals surface area contributed by atoms with Crippen molar-refractivity contribution in [2.24, 2.45) is 0 Å². The Labute approximate surface area is 272 Å². The number of sulfonamides is 1. The van der Waals surface area contributed by atoms with Crippen LogP contribution in [-0.2, 0) is 32.6 Å². The maximum atomic E-state index is 14.5. The lowest BCUT2D eigenvalue weighted by Crippen LogP contribution is -2.53. The Hall–Kier alpha value is -4.50. The number of benzene rings is 4. The van der Waals surface area contributed by atoms with E-state index < -0.39 is 34.3 Å². The Morgan fingerprint density at radius 2 is 1.46 bits per heavy atom. The summed E-state index contributed by atoms with van der Waals surface area (Å²) in [5.41, 5.74) is 3.69. The number of hydrogen-bond acceptors (Lipinski definition) is 4. The van der Waals surface area contributed by atoms with Crippen LogP contribution in [0.4, 0.5) is 10.1 Å². The highest BCUT2D eigenvalue weighted by atomic mass is 32.2. The third kappa shape index (κ3) is 8.81. The number of nitrogens with zero attached hydrogens (tertiary/aromatic N) is 2. The molecule has 4 aromatic rings. The molecule has 0 aliphatic carbocycles. The van der Waals surface area contributed by atoms with Crippen molar-refractivity contribution in [3.05, 3.63) is 131 Å². The van der Waals surface area contributed by atoms with Gasteiger partial charge >= 0.3 is 0 Å². The van der Waals surface area contributed by atoms with E-state index in [2.05, 4.69) is 5.32 Å². The maximum absolute atomic E-state index is 14.5. The maximum Gasteiger partial charge on any atom is 0.264 e. The molecule has 0 aromatic heterocycles. The van der Waals surface area contributed by atoms with Gasteiger partial charge in [-0.15, -0.1) is 0 Å². The average Bonchev–Trinajstić information content (AvgIpc) is 3.05. The molecule has 0 radical (unpaired) electrons. The smallest absolute Gasteiger partial charge is 0.264 e. The van der Waals surface area contributed by atoms with Crippen LogP contribution in [-0.4, -0.2) is 44.3 Å². The molecule has 1 N–H and O–H groups in total. The normalized spacial score (nSPS) is 12.0. The third-order valence-electron chi connectivity index (χ3n) is 7.82. The minimum absolute atomic E-state index is 0.0269. The molecule has 242 valence electrons. The van der Waals surface area contributed by atoms with Crippen molar-refractivity contribution in [2.45, 2.75) is 63.9 Å². The lowest BCUT2D eigenvalue weighted by molar-refractivity contribution is -0.140. The minimum atomic E-state index is -4.19. The number of aryl methyl sites for hydroxylation is 1. The molecule has 0 saturated carbocycles. The van der Waals surface area contributed by atoms with Crippen molar-refractivity contribution in [1.82, 2.24) is 10.2 Å². The molecule has 0 bridgehead atoms. The summed E-state index contributed by atoms with van der Waals surface area (Å²) in [5, 5.41) is 2.92. The summed E-state index contributed by atoms with van der Waals surface area (Å²) in [7, 11) is -4.19. The zero-order valence-corrected chi connectivity index (χ0v) is 27.6. The number of carbonyl (C=O) groups is 2. The first-order valence-electron chi connectivity index (χ1n) is 15.5. The summed E-state index contributed by atoms with van der Waals surface area (Å²) in [6.07, 6.45) is 0.905. The highest BCUT2D eigenvalue weighted by Crippen LogP contribution is 2.27. The molecule has 0 aliphatic heterocycles. The zero-order chi connectivity index (χ0) is 33.3. The van der Waals surface area contributed by atoms with Crippen LogP contribution >= 0.6 is 0 Å². The summed E-state index contributed by atoms with van der Waals surface area (Å²) in [6, 6.07) is 27.7. The van der Waals surface area contributed by atoms with Gasteiger partial charge in [0, 0.05) is 19.5 Å². The third-order valence-corrected chi connectivity index (χ3v) is 9.61. The van der Waals surface area contributed by atoms with Gasteiger partial charge in [0.15, 0.2) is 0 Å². The Bertz CT molecular complexity index is 1690. The van der Waals surface area contributed by atoms with E-state index in [1.165, 1.54) is 29.2 Å². The van der Waals surface area contributed by atoms with E-state index >= 15 is 0 Å². The number of nitrogens with one attached hydrogen (secondary N) is 1. The van der Waals surface area contributed by atoms with E-state index in [0.29, 0.717) is 24.2 Å². The summed E-state index contributed by atoms with van der Waals surface area (Å²) < 4.78 is 43.3. The van der Waals surface area contributed by atoms with Crippen molar-refractivity contribution >= 4 is 27.5 Å². The van der Waals surface area contributed by atoms with Gasteiger partial charge in [-0.2, -0.15) is 0 Å². The van der Waals surface area contributed by atoms with Gasteiger partial charge in [0.05, 0.1) is 10.6 Å². The molecule has 0 fully saturated rings. The molecule has 0 unspecified atom stereocenters. The molecule has 46 heavy (non-hydrogen) atoms. The van der Waals surface area contributed by atoms with E-state index in [1.807, 2.05) is 70.2 Å². The van der Waals surface area contributed by atoms with Crippen LogP contribution in [0.15, 0.2) is 108 Å². The first-order chi connectivity index (χ1) is 22.0. The quantitative estimate of drug-likeness (QED) is 0.167. The van der Waals surface area contributed by atoms with Crippen LogP contribution < -0.4 is 9.62 Å². The van der Waals surface area contributed by atoms with Crippen LogP contribution in [0.2, 0.25) is 0 Å². The molecule has 7 nitrogen and oxygen atoms in total. The van der Waals surface area contributed by atoms with Crippen LogP contribution in [0, 0.1) is 12.7 Å². The van der Waals surface area contributed by atoms with E-state index in [4.69, 9.17) is 0 Å². The highest BCUT2D eigenvalue weighted by Gasteiger charge is 2.34. The van der Waals surface area contributed by atoms with Gasteiger partial charge in [-0.1, -0.05) is 93.1 Å². The van der Waals surface area contributed by atoms with Crippen molar-refractivity contribution < 1.29 is 22.4 Å². The fourth-order valence-electron chi connectivity index (χ4n) is 5.10. The lowest BCUT2D eigenvalue weighted by Gasteiger charge is -2.34. The molecule has 4 aromatic carbocycles. The summed E-state index contributed by atoms with van der Waals surface area (Å²) in [6.45, 7) is 7.73. The SMILES string of the molecule is CCCNC(=O)[C@H](Cc1ccccc1)N(Cc1ccc(F)cc1)C(=O)CN(c1ccc(C(C)C)cc1)S(=O)(=O)c1ccc(C)cc1. The number of anilines is 1. The molecule has 9 heteroatoms. The van der Waals surface area contributed by atoms with Crippen molar-refractivity contribution in [3.8, 4) is 0 Å². The lowest BCUT2D eigenvalue weighted by atomic mass is 10.0. The minimum Gasteiger partial charge on any atom is -0.354 e. The summed E-state index contributed by atoms with van der Waals surface area (Å²) in [5.74, 6) is -1.12. The van der Waals surface area contributed by atoms with E-state index in [0.717, 1.165) is 21.0 Å². The average molecular weight is 644 g/mol. The van der Waals surface area contributed by atoms with Gasteiger partial charge in [-0.25, -0.2) is 12.8 Å². The molecule has 1 atom stereocenters. The number of amides is 2. The topological polar surface area (TPSA) is 86.8 Å². The number of hydrogen-bond donors (Lipinski definition) is 1. The molecule has 0 spiro atoms. The summed E-state index contributed by atoms with van der Waals surface area (Å²) >= 11 is 0. The van der Waals surface area contributed by atoms with Gasteiger partial charge in [0.25, 0.3) is 10.0 Å². The van der Waals surface area contributed by atoms with E-state index in [-0.39, 0.29) is 29.7 Å². The Balaban J connectivity index is 1.80. The molecular weight excluding hydrogens is 601 g/mol. The fraction of sp³-hybridized carbons (Fsp3) is 0.297. The second-order valence-corrected chi connectivity index (χ2v) is 13.6. The van der Waals surface area contributed by atoms with Gasteiger partial charge in [-0.3, -0.25) is 13.9 Å². The van der Waals surface area contributed by atoms with Gasteiger partial charge in [-0.05, 0) is 72.4 Å². The number of halogens is 1. The Morgan fingerprint density at radius 3 is 2.04 bits per heavy atom. The zero-order valence-electron chi connectivity index (χ0n) is 26.8. The Kier molecular flexibility index (Phi) is 11.7. The molecule has 0 heterocycles. The second kappa shape index (κ2) is 15.7. The van der Waals surface area contributed by atoms with Crippen LogP contribution in [0.1, 0.15) is 55.4 Å². The standard InChI is InChI=1S/C37H42FN3O4S/c1-5-23-39-37(43)35(24-29-9-7-6-8-10-29)40(25-30-13-17-32(38)18-14-30)36(42)26-41(33-19-15-31(16-20-33)27(2)3)46(44,45)34-21-11-28(4)12-22-34/h6-22,27,35H,5,23-26H2,1-4H3,(H,39,43)/t35-/m0/s1. The van der Waals surface area contributed by atoms with Crippen molar-refractivity contribution in [1.29, 1.82) is 0 Å². The first kappa shape index (κ1) is 34.4.